The summed E-state index contributed by atoms with van der Waals surface area (Å²) in [4.78, 5) is 12.1. The van der Waals surface area contributed by atoms with E-state index in [1.165, 1.54) is 9.14 Å². The predicted octanol–water partition coefficient (Wildman–Crippen LogP) is 3.03. The number of ether oxygens (including phenoxy) is 1. The van der Waals surface area contributed by atoms with Crippen molar-refractivity contribution in [2.24, 2.45) is 10.9 Å². The van der Waals surface area contributed by atoms with E-state index in [-0.39, 0.29) is 0 Å². The summed E-state index contributed by atoms with van der Waals surface area (Å²) in [6.45, 7) is 5.14. The molecular formula is C15H23NOSn. The zero-order chi connectivity index (χ0) is 13.3. The number of nitrogens with zero attached hydrogens (tertiary/aromatic N) is 1. The molecule has 2 rings (SSSR count). The van der Waals surface area contributed by atoms with Crippen molar-refractivity contribution in [3.63, 3.8) is 0 Å². The molecule has 1 aromatic carbocycles. The van der Waals surface area contributed by atoms with Crippen LogP contribution in [0, 0.1) is 5.92 Å². The molecule has 0 fully saturated rings. The van der Waals surface area contributed by atoms with Crippen LogP contribution in [0.3, 0.4) is 0 Å². The van der Waals surface area contributed by atoms with Gasteiger partial charge in [-0.25, -0.2) is 0 Å². The maximum atomic E-state index is 5.83. The molecule has 0 bridgehead atoms. The molecule has 0 saturated heterocycles. The second-order valence-electron chi connectivity index (χ2n) is 6.35. The standard InChI is InChI=1S/C12H14NO.3CH3.Sn/c1-9(2)11-8-14-12(13-11)10-6-4-3-5-7-10;;;;/h3-6,9,11H,8H2,1-2H3;3*1H3;. The SMILES string of the molecule is CC(C)C1COC(c2cccc[c]2[Sn]([CH3])([CH3])[CH3])=N1. The van der Waals surface area contributed by atoms with Gasteiger partial charge in [-0.15, -0.1) is 0 Å². The molecule has 0 aromatic heterocycles. The predicted molar refractivity (Wildman–Crippen MR) is 80.5 cm³/mol. The Morgan fingerprint density at radius 3 is 2.44 bits per heavy atom. The van der Waals surface area contributed by atoms with Crippen LogP contribution in [0.4, 0.5) is 0 Å². The fraction of sp³-hybridized carbons (Fsp3) is 0.533. The van der Waals surface area contributed by atoms with Crippen molar-refractivity contribution in [2.75, 3.05) is 6.61 Å². The third kappa shape index (κ3) is 2.90. The van der Waals surface area contributed by atoms with E-state index in [0.29, 0.717) is 12.0 Å². The summed E-state index contributed by atoms with van der Waals surface area (Å²) in [5.74, 6) is 1.42. The third-order valence-corrected chi connectivity index (χ3v) is 9.27. The van der Waals surface area contributed by atoms with Crippen molar-refractivity contribution in [1.82, 2.24) is 0 Å². The zero-order valence-electron chi connectivity index (χ0n) is 12.0. The normalized spacial score (nSPS) is 19.9. The average molecular weight is 352 g/mol. The molecule has 0 N–H and O–H groups in total. The Morgan fingerprint density at radius 1 is 1.22 bits per heavy atom. The van der Waals surface area contributed by atoms with E-state index in [1.54, 1.807) is 0 Å². The fourth-order valence-corrected chi connectivity index (χ4v) is 6.75. The molecule has 1 aliphatic rings. The first-order chi connectivity index (χ1) is 8.39. The summed E-state index contributed by atoms with van der Waals surface area (Å²) < 4.78 is 7.34. The van der Waals surface area contributed by atoms with Gasteiger partial charge < -0.3 is 0 Å². The van der Waals surface area contributed by atoms with Crippen LogP contribution in [-0.4, -0.2) is 36.9 Å². The van der Waals surface area contributed by atoms with Gasteiger partial charge in [0.05, 0.1) is 0 Å². The van der Waals surface area contributed by atoms with Crippen LogP contribution in [0.15, 0.2) is 29.3 Å². The number of benzene rings is 1. The van der Waals surface area contributed by atoms with Gasteiger partial charge in [0.1, 0.15) is 0 Å². The van der Waals surface area contributed by atoms with E-state index >= 15 is 0 Å². The van der Waals surface area contributed by atoms with Crippen LogP contribution in [0.5, 0.6) is 0 Å². The number of rotatable bonds is 3. The Bertz CT molecular complexity index is 460. The van der Waals surface area contributed by atoms with Crippen LogP contribution in [0.2, 0.25) is 14.8 Å². The van der Waals surface area contributed by atoms with Gasteiger partial charge >= 0.3 is 115 Å². The molecule has 1 atom stereocenters. The Kier molecular flexibility index (Phi) is 4.05. The molecule has 0 spiro atoms. The summed E-state index contributed by atoms with van der Waals surface area (Å²) >= 11 is -2.11. The van der Waals surface area contributed by atoms with Crippen molar-refractivity contribution in [1.29, 1.82) is 0 Å². The summed E-state index contributed by atoms with van der Waals surface area (Å²) in [6.07, 6.45) is 0. The van der Waals surface area contributed by atoms with Crippen molar-refractivity contribution >= 4 is 27.9 Å². The molecular weight excluding hydrogens is 329 g/mol. The van der Waals surface area contributed by atoms with Gasteiger partial charge in [0.2, 0.25) is 0 Å². The number of hydrogen-bond donors (Lipinski definition) is 0. The van der Waals surface area contributed by atoms with Crippen LogP contribution in [-0.2, 0) is 4.74 Å². The maximum absolute atomic E-state index is 5.83. The van der Waals surface area contributed by atoms with Crippen LogP contribution >= 0.6 is 0 Å². The van der Waals surface area contributed by atoms with Gasteiger partial charge in [-0.3, -0.25) is 0 Å². The Balaban J connectivity index is 2.38. The van der Waals surface area contributed by atoms with E-state index in [4.69, 9.17) is 9.73 Å². The van der Waals surface area contributed by atoms with Crippen LogP contribution in [0.1, 0.15) is 19.4 Å². The molecule has 0 saturated carbocycles. The van der Waals surface area contributed by atoms with Crippen LogP contribution < -0.4 is 3.58 Å². The molecule has 1 heterocycles. The van der Waals surface area contributed by atoms with Crippen molar-refractivity contribution in [2.45, 2.75) is 34.7 Å². The zero-order valence-corrected chi connectivity index (χ0v) is 14.9. The number of aliphatic imine (C=N–C) groups is 1. The molecule has 18 heavy (non-hydrogen) atoms. The molecule has 1 aliphatic heterocycles. The van der Waals surface area contributed by atoms with Gasteiger partial charge in [-0.05, 0) is 0 Å². The quantitative estimate of drug-likeness (QED) is 0.767. The molecule has 98 valence electrons. The Labute approximate surface area is 114 Å². The molecule has 1 aromatic rings. The summed E-state index contributed by atoms with van der Waals surface area (Å²) in [5.41, 5.74) is 1.24. The second-order valence-corrected chi connectivity index (χ2v) is 20.7. The third-order valence-electron chi connectivity index (χ3n) is 3.41. The van der Waals surface area contributed by atoms with Crippen molar-refractivity contribution in [3.8, 4) is 0 Å². The molecule has 0 amide bonds. The summed E-state index contributed by atoms with van der Waals surface area (Å²) in [7, 11) is 0. The minimum atomic E-state index is -2.11. The number of hydrogen-bond acceptors (Lipinski definition) is 2. The van der Waals surface area contributed by atoms with E-state index in [9.17, 15) is 0 Å². The van der Waals surface area contributed by atoms with Gasteiger partial charge in [0.25, 0.3) is 0 Å². The Morgan fingerprint density at radius 2 is 1.89 bits per heavy atom. The second kappa shape index (κ2) is 5.23. The minimum absolute atomic E-state index is 0.322. The Hall–Kier alpha value is -0.511. The average Bonchev–Trinajstić information content (AvgIpc) is 2.77. The van der Waals surface area contributed by atoms with Gasteiger partial charge in [0.15, 0.2) is 0 Å². The van der Waals surface area contributed by atoms with Gasteiger partial charge in [-0.2, -0.15) is 0 Å². The topological polar surface area (TPSA) is 21.6 Å². The first-order valence-electron chi connectivity index (χ1n) is 6.70. The van der Waals surface area contributed by atoms with E-state index in [0.717, 1.165) is 12.5 Å². The molecule has 0 radical (unpaired) electrons. The molecule has 1 unspecified atom stereocenters. The fourth-order valence-electron chi connectivity index (χ4n) is 2.20. The van der Waals surface area contributed by atoms with Crippen molar-refractivity contribution in [3.05, 3.63) is 29.8 Å². The monoisotopic (exact) mass is 353 g/mol. The first kappa shape index (κ1) is 13.9. The molecule has 3 heteroatoms. The van der Waals surface area contributed by atoms with E-state index < -0.39 is 18.4 Å². The van der Waals surface area contributed by atoms with E-state index in [1.807, 2.05) is 0 Å². The first-order valence-corrected chi connectivity index (χ1v) is 16.7. The molecule has 0 aliphatic carbocycles. The molecule has 2 nitrogen and oxygen atoms in total. The summed E-state index contributed by atoms with van der Waals surface area (Å²) in [5, 5.41) is 0. The van der Waals surface area contributed by atoms with Crippen molar-refractivity contribution < 1.29 is 4.74 Å². The van der Waals surface area contributed by atoms with E-state index in [2.05, 4.69) is 52.9 Å². The summed E-state index contributed by atoms with van der Waals surface area (Å²) in [6, 6.07) is 8.98. The van der Waals surface area contributed by atoms with Gasteiger partial charge in [-0.1, -0.05) is 0 Å². The van der Waals surface area contributed by atoms with Crippen LogP contribution in [0.25, 0.3) is 0 Å². The van der Waals surface area contributed by atoms with Gasteiger partial charge in [0, 0.05) is 0 Å².